The van der Waals surface area contributed by atoms with Crippen molar-refractivity contribution in [3.05, 3.63) is 0 Å². The van der Waals surface area contributed by atoms with E-state index in [4.69, 9.17) is 0 Å². The molecule has 1 saturated carbocycles. The van der Waals surface area contributed by atoms with Crippen molar-refractivity contribution in [1.29, 1.82) is 0 Å². The van der Waals surface area contributed by atoms with Crippen molar-refractivity contribution in [3.8, 4) is 0 Å². The Morgan fingerprint density at radius 3 is 2.93 bits per heavy atom. The Balaban J connectivity index is 1.60. The maximum atomic E-state index is 11.6. The van der Waals surface area contributed by atoms with E-state index < -0.39 is 0 Å². The van der Waals surface area contributed by atoms with E-state index in [1.165, 1.54) is 6.42 Å². The molecular weight excluding hydrogens is 176 g/mol. The zero-order chi connectivity index (χ0) is 10.0. The molecule has 1 heterocycles. The van der Waals surface area contributed by atoms with Gasteiger partial charge in [-0.3, -0.25) is 4.79 Å². The summed E-state index contributed by atoms with van der Waals surface area (Å²) in [6.45, 7) is 5.20. The number of nitrogens with one attached hydrogen (secondary N) is 2. The Morgan fingerprint density at radius 1 is 1.57 bits per heavy atom. The lowest BCUT2D eigenvalue weighted by Gasteiger charge is -2.12. The van der Waals surface area contributed by atoms with Gasteiger partial charge in [-0.2, -0.15) is 0 Å². The molecule has 14 heavy (non-hydrogen) atoms. The molecule has 0 aromatic heterocycles. The Bertz CT molecular complexity index is 217. The van der Waals surface area contributed by atoms with Crippen LogP contribution in [-0.2, 0) is 4.79 Å². The molecule has 1 atom stereocenters. The molecule has 2 N–H and O–H groups in total. The van der Waals surface area contributed by atoms with E-state index in [1.54, 1.807) is 0 Å². The molecule has 2 fully saturated rings. The average molecular weight is 196 g/mol. The highest BCUT2D eigenvalue weighted by Crippen LogP contribution is 2.44. The molecule has 3 heteroatoms. The van der Waals surface area contributed by atoms with Crippen molar-refractivity contribution in [3.63, 3.8) is 0 Å². The Labute approximate surface area is 85.6 Å². The van der Waals surface area contributed by atoms with Crippen molar-refractivity contribution >= 4 is 5.91 Å². The first-order valence-electron chi connectivity index (χ1n) is 5.70. The van der Waals surface area contributed by atoms with Gasteiger partial charge < -0.3 is 10.6 Å². The summed E-state index contributed by atoms with van der Waals surface area (Å²) in [4.78, 5) is 11.6. The van der Waals surface area contributed by atoms with Gasteiger partial charge in [0.25, 0.3) is 0 Å². The van der Waals surface area contributed by atoms with Crippen LogP contribution in [0.4, 0.5) is 0 Å². The molecule has 1 amide bonds. The summed E-state index contributed by atoms with van der Waals surface area (Å²) in [5.41, 5.74) is -0.00603. The summed E-state index contributed by atoms with van der Waals surface area (Å²) in [5, 5.41) is 6.39. The third-order valence-electron chi connectivity index (χ3n) is 3.55. The molecule has 1 unspecified atom stereocenters. The zero-order valence-corrected chi connectivity index (χ0v) is 8.94. The van der Waals surface area contributed by atoms with Gasteiger partial charge in [0.15, 0.2) is 0 Å². The highest BCUT2D eigenvalue weighted by atomic mass is 16.2. The van der Waals surface area contributed by atoms with Crippen molar-refractivity contribution < 1.29 is 4.79 Å². The molecule has 0 aromatic carbocycles. The van der Waals surface area contributed by atoms with Gasteiger partial charge in [-0.15, -0.1) is 0 Å². The number of amides is 1. The fraction of sp³-hybridized carbons (Fsp3) is 0.909. The first kappa shape index (κ1) is 9.97. The molecule has 0 spiro atoms. The van der Waals surface area contributed by atoms with Gasteiger partial charge in [0.05, 0.1) is 0 Å². The number of carbonyl (C=O) groups excluding carboxylic acids is 1. The van der Waals surface area contributed by atoms with Crippen molar-refractivity contribution in [2.45, 2.75) is 32.6 Å². The van der Waals surface area contributed by atoms with Crippen LogP contribution < -0.4 is 10.6 Å². The second-order valence-electron chi connectivity index (χ2n) is 4.96. The minimum absolute atomic E-state index is 0.00603. The topological polar surface area (TPSA) is 41.1 Å². The van der Waals surface area contributed by atoms with Gasteiger partial charge in [0.1, 0.15) is 0 Å². The van der Waals surface area contributed by atoms with E-state index in [0.29, 0.717) is 0 Å². The van der Waals surface area contributed by atoms with Crippen LogP contribution in [-0.4, -0.2) is 25.5 Å². The molecule has 80 valence electrons. The number of carbonyl (C=O) groups is 1. The van der Waals surface area contributed by atoms with Crippen LogP contribution in [0.5, 0.6) is 0 Å². The minimum Gasteiger partial charge on any atom is -0.356 e. The van der Waals surface area contributed by atoms with E-state index in [2.05, 4.69) is 17.6 Å². The van der Waals surface area contributed by atoms with Crippen LogP contribution in [0.3, 0.4) is 0 Å². The summed E-state index contributed by atoms with van der Waals surface area (Å²) < 4.78 is 0. The Kier molecular flexibility index (Phi) is 2.77. The molecule has 1 saturated heterocycles. The van der Waals surface area contributed by atoms with Crippen LogP contribution in [0.15, 0.2) is 0 Å². The normalized spacial score (nSPS) is 28.8. The lowest BCUT2D eigenvalue weighted by molar-refractivity contribution is -0.125. The maximum Gasteiger partial charge on any atom is 0.225 e. The van der Waals surface area contributed by atoms with E-state index >= 15 is 0 Å². The maximum absolute atomic E-state index is 11.6. The first-order chi connectivity index (χ1) is 6.71. The molecular formula is C11H20N2O. The fourth-order valence-corrected chi connectivity index (χ4v) is 1.98. The van der Waals surface area contributed by atoms with Crippen LogP contribution in [0.25, 0.3) is 0 Å². The summed E-state index contributed by atoms with van der Waals surface area (Å²) >= 11 is 0. The second-order valence-corrected chi connectivity index (χ2v) is 4.96. The quantitative estimate of drug-likeness (QED) is 0.701. The van der Waals surface area contributed by atoms with E-state index in [-0.39, 0.29) is 11.3 Å². The van der Waals surface area contributed by atoms with Gasteiger partial charge in [0, 0.05) is 12.0 Å². The Morgan fingerprint density at radius 2 is 2.36 bits per heavy atom. The zero-order valence-electron chi connectivity index (χ0n) is 8.94. The lowest BCUT2D eigenvalue weighted by Crippen LogP contribution is -2.32. The molecule has 2 aliphatic rings. The highest BCUT2D eigenvalue weighted by Gasteiger charge is 2.44. The third-order valence-corrected chi connectivity index (χ3v) is 3.55. The van der Waals surface area contributed by atoms with Crippen molar-refractivity contribution in [2.75, 3.05) is 19.6 Å². The van der Waals surface area contributed by atoms with Crippen LogP contribution in [0.1, 0.15) is 32.6 Å². The van der Waals surface area contributed by atoms with E-state index in [0.717, 1.165) is 44.8 Å². The predicted molar refractivity (Wildman–Crippen MR) is 55.9 cm³/mol. The summed E-state index contributed by atoms with van der Waals surface area (Å²) in [7, 11) is 0. The summed E-state index contributed by atoms with van der Waals surface area (Å²) in [5.74, 6) is 1.05. The largest absolute Gasteiger partial charge is 0.356 e. The Hall–Kier alpha value is -0.570. The second kappa shape index (κ2) is 3.89. The lowest BCUT2D eigenvalue weighted by atomic mass is 10.0. The smallest absolute Gasteiger partial charge is 0.225 e. The number of rotatable bonds is 4. The molecule has 0 aromatic rings. The monoisotopic (exact) mass is 196 g/mol. The van der Waals surface area contributed by atoms with Gasteiger partial charge in [-0.1, -0.05) is 6.92 Å². The van der Waals surface area contributed by atoms with Gasteiger partial charge >= 0.3 is 0 Å². The summed E-state index contributed by atoms with van der Waals surface area (Å²) in [6.07, 6.45) is 4.55. The molecule has 2 rings (SSSR count). The number of hydrogen-bond donors (Lipinski definition) is 2. The standard InChI is InChI=1S/C11H20N2O/c1-11(4-5-11)10(14)13-7-3-9-2-6-12-8-9/h9,12H,2-8H2,1H3,(H,13,14). The van der Waals surface area contributed by atoms with Gasteiger partial charge in [0.2, 0.25) is 5.91 Å². The van der Waals surface area contributed by atoms with E-state index in [9.17, 15) is 4.79 Å². The van der Waals surface area contributed by atoms with Crippen LogP contribution in [0.2, 0.25) is 0 Å². The predicted octanol–water partition coefficient (Wildman–Crippen LogP) is 0.902. The fourth-order valence-electron chi connectivity index (χ4n) is 1.98. The SMILES string of the molecule is CC1(C(=O)NCCC2CCNC2)CC1. The van der Waals surface area contributed by atoms with Crippen molar-refractivity contribution in [1.82, 2.24) is 10.6 Å². The minimum atomic E-state index is -0.00603. The molecule has 1 aliphatic heterocycles. The average Bonchev–Trinajstić information content (AvgIpc) is 2.73. The first-order valence-corrected chi connectivity index (χ1v) is 5.70. The van der Waals surface area contributed by atoms with Gasteiger partial charge in [-0.25, -0.2) is 0 Å². The van der Waals surface area contributed by atoms with Crippen molar-refractivity contribution in [2.24, 2.45) is 11.3 Å². The molecule has 3 nitrogen and oxygen atoms in total. The molecule has 0 bridgehead atoms. The van der Waals surface area contributed by atoms with Crippen LogP contribution >= 0.6 is 0 Å². The highest BCUT2D eigenvalue weighted by molar-refractivity contribution is 5.84. The third kappa shape index (κ3) is 2.27. The van der Waals surface area contributed by atoms with E-state index in [1.807, 2.05) is 0 Å². The molecule has 0 radical (unpaired) electrons. The molecule has 1 aliphatic carbocycles. The van der Waals surface area contributed by atoms with Gasteiger partial charge in [-0.05, 0) is 44.7 Å². The van der Waals surface area contributed by atoms with Crippen LogP contribution in [0, 0.1) is 11.3 Å². The summed E-state index contributed by atoms with van der Waals surface area (Å²) in [6, 6.07) is 0. The number of hydrogen-bond acceptors (Lipinski definition) is 2.